The van der Waals surface area contributed by atoms with Gasteiger partial charge in [-0.25, -0.2) is 4.79 Å². The molecule has 1 N–H and O–H groups in total. The van der Waals surface area contributed by atoms with Crippen molar-refractivity contribution in [2.24, 2.45) is 0 Å². The third-order valence-electron chi connectivity index (χ3n) is 2.67. The Labute approximate surface area is 87.9 Å². The topological polar surface area (TPSA) is 42.2 Å². The lowest BCUT2D eigenvalue weighted by Crippen LogP contribution is -1.94. The van der Waals surface area contributed by atoms with Gasteiger partial charge in [-0.2, -0.15) is 0 Å². The van der Waals surface area contributed by atoms with Gasteiger partial charge < -0.3 is 9.67 Å². The zero-order valence-corrected chi connectivity index (χ0v) is 8.82. The zero-order chi connectivity index (χ0) is 11.0. The SMILES string of the molecule is CCn1cc(C(=O)O)c2cccc(C)c21. The number of aromatic carboxylic acids is 1. The lowest BCUT2D eigenvalue weighted by atomic mass is 10.1. The first kappa shape index (κ1) is 9.77. The molecule has 2 aromatic rings. The van der Waals surface area contributed by atoms with Gasteiger partial charge in [0.1, 0.15) is 0 Å². The molecule has 0 unspecified atom stereocenters. The van der Waals surface area contributed by atoms with Crippen LogP contribution in [0.25, 0.3) is 10.9 Å². The molecule has 3 nitrogen and oxygen atoms in total. The second-order valence-corrected chi connectivity index (χ2v) is 3.61. The molecular formula is C12H13NO2. The van der Waals surface area contributed by atoms with Crippen molar-refractivity contribution < 1.29 is 9.90 Å². The number of carboxylic acids is 1. The van der Waals surface area contributed by atoms with Gasteiger partial charge in [0.2, 0.25) is 0 Å². The number of fused-ring (bicyclic) bond motifs is 1. The first-order valence-corrected chi connectivity index (χ1v) is 4.97. The van der Waals surface area contributed by atoms with E-state index >= 15 is 0 Å². The van der Waals surface area contributed by atoms with Gasteiger partial charge >= 0.3 is 5.97 Å². The van der Waals surface area contributed by atoms with E-state index in [0.29, 0.717) is 5.56 Å². The third kappa shape index (κ3) is 1.40. The van der Waals surface area contributed by atoms with E-state index in [2.05, 4.69) is 0 Å². The van der Waals surface area contributed by atoms with Crippen molar-refractivity contribution in [2.45, 2.75) is 20.4 Å². The van der Waals surface area contributed by atoms with Gasteiger partial charge in [0.05, 0.1) is 11.1 Å². The molecule has 0 atom stereocenters. The molecule has 1 aromatic heterocycles. The Morgan fingerprint density at radius 1 is 1.47 bits per heavy atom. The number of carbonyl (C=O) groups is 1. The van der Waals surface area contributed by atoms with E-state index in [9.17, 15) is 4.79 Å². The van der Waals surface area contributed by atoms with Crippen LogP contribution in [0, 0.1) is 6.92 Å². The zero-order valence-electron chi connectivity index (χ0n) is 8.82. The average molecular weight is 203 g/mol. The van der Waals surface area contributed by atoms with E-state index < -0.39 is 5.97 Å². The number of aromatic nitrogens is 1. The van der Waals surface area contributed by atoms with Crippen LogP contribution in [0.4, 0.5) is 0 Å². The molecular weight excluding hydrogens is 190 g/mol. The molecule has 0 fully saturated rings. The minimum atomic E-state index is -0.863. The maximum absolute atomic E-state index is 11.0. The molecule has 15 heavy (non-hydrogen) atoms. The number of benzene rings is 1. The Balaban J connectivity index is 2.87. The van der Waals surface area contributed by atoms with E-state index in [1.165, 1.54) is 0 Å². The van der Waals surface area contributed by atoms with Crippen molar-refractivity contribution in [2.75, 3.05) is 0 Å². The molecule has 3 heteroatoms. The van der Waals surface area contributed by atoms with Crippen LogP contribution in [0.15, 0.2) is 24.4 Å². The standard InChI is InChI=1S/C12H13NO2/c1-3-13-7-10(12(14)15)9-6-4-5-8(2)11(9)13/h4-7H,3H2,1-2H3,(H,14,15). The fraction of sp³-hybridized carbons (Fsp3) is 0.250. The molecule has 0 saturated heterocycles. The van der Waals surface area contributed by atoms with Crippen molar-refractivity contribution in [3.05, 3.63) is 35.5 Å². The molecule has 0 bridgehead atoms. The summed E-state index contributed by atoms with van der Waals surface area (Å²) in [4.78, 5) is 11.0. The molecule has 0 aliphatic heterocycles. The normalized spacial score (nSPS) is 10.8. The van der Waals surface area contributed by atoms with E-state index in [0.717, 1.165) is 23.0 Å². The highest BCUT2D eigenvalue weighted by Crippen LogP contribution is 2.24. The van der Waals surface area contributed by atoms with Gasteiger partial charge in [-0.15, -0.1) is 0 Å². The van der Waals surface area contributed by atoms with E-state index in [-0.39, 0.29) is 0 Å². The summed E-state index contributed by atoms with van der Waals surface area (Å²) in [7, 11) is 0. The quantitative estimate of drug-likeness (QED) is 0.815. The van der Waals surface area contributed by atoms with Crippen molar-refractivity contribution in [3.8, 4) is 0 Å². The molecule has 1 heterocycles. The summed E-state index contributed by atoms with van der Waals surface area (Å²) < 4.78 is 1.98. The number of para-hydroxylation sites is 1. The van der Waals surface area contributed by atoms with Crippen molar-refractivity contribution >= 4 is 16.9 Å². The van der Waals surface area contributed by atoms with Crippen molar-refractivity contribution in [3.63, 3.8) is 0 Å². The Hall–Kier alpha value is -1.77. The lowest BCUT2D eigenvalue weighted by Gasteiger charge is -2.02. The predicted octanol–water partition coefficient (Wildman–Crippen LogP) is 2.67. The summed E-state index contributed by atoms with van der Waals surface area (Å²) in [6.07, 6.45) is 1.71. The summed E-state index contributed by atoms with van der Waals surface area (Å²) >= 11 is 0. The van der Waals surface area contributed by atoms with Crippen LogP contribution in [0.2, 0.25) is 0 Å². The largest absolute Gasteiger partial charge is 0.478 e. The summed E-state index contributed by atoms with van der Waals surface area (Å²) in [5, 5.41) is 9.89. The average Bonchev–Trinajstić information content (AvgIpc) is 2.58. The highest BCUT2D eigenvalue weighted by atomic mass is 16.4. The fourth-order valence-electron chi connectivity index (χ4n) is 1.97. The molecule has 0 aliphatic rings. The maximum atomic E-state index is 11.0. The fourth-order valence-corrected chi connectivity index (χ4v) is 1.97. The minimum absolute atomic E-state index is 0.385. The van der Waals surface area contributed by atoms with Gasteiger partial charge in [-0.1, -0.05) is 18.2 Å². The molecule has 0 radical (unpaired) electrons. The first-order valence-electron chi connectivity index (χ1n) is 4.97. The van der Waals surface area contributed by atoms with Gasteiger partial charge in [-0.05, 0) is 19.4 Å². The lowest BCUT2D eigenvalue weighted by molar-refractivity contribution is 0.0699. The van der Waals surface area contributed by atoms with Gasteiger partial charge in [0, 0.05) is 18.1 Å². The number of rotatable bonds is 2. The Kier molecular flexibility index (Phi) is 2.23. The number of hydrogen-bond donors (Lipinski definition) is 1. The van der Waals surface area contributed by atoms with E-state index in [1.807, 2.05) is 36.6 Å². The highest BCUT2D eigenvalue weighted by molar-refractivity contribution is 6.04. The Morgan fingerprint density at radius 3 is 2.80 bits per heavy atom. The molecule has 0 amide bonds. The minimum Gasteiger partial charge on any atom is -0.478 e. The van der Waals surface area contributed by atoms with Crippen LogP contribution >= 0.6 is 0 Å². The first-order chi connectivity index (χ1) is 7.15. The monoisotopic (exact) mass is 203 g/mol. The number of hydrogen-bond acceptors (Lipinski definition) is 1. The van der Waals surface area contributed by atoms with Crippen LogP contribution in [0.5, 0.6) is 0 Å². The van der Waals surface area contributed by atoms with Crippen LogP contribution in [-0.4, -0.2) is 15.6 Å². The molecule has 0 spiro atoms. The highest BCUT2D eigenvalue weighted by Gasteiger charge is 2.14. The number of nitrogens with zero attached hydrogens (tertiary/aromatic N) is 1. The second-order valence-electron chi connectivity index (χ2n) is 3.61. The third-order valence-corrected chi connectivity index (χ3v) is 2.67. The summed E-state index contributed by atoms with van der Waals surface area (Å²) in [5.41, 5.74) is 2.52. The van der Waals surface area contributed by atoms with Crippen molar-refractivity contribution in [1.82, 2.24) is 4.57 Å². The Bertz CT molecular complexity index is 526. The number of aryl methyl sites for hydroxylation is 2. The molecule has 2 rings (SSSR count). The van der Waals surface area contributed by atoms with Gasteiger partial charge in [0.25, 0.3) is 0 Å². The van der Waals surface area contributed by atoms with Crippen LogP contribution in [0.3, 0.4) is 0 Å². The van der Waals surface area contributed by atoms with Crippen LogP contribution in [-0.2, 0) is 6.54 Å². The van der Waals surface area contributed by atoms with E-state index in [1.54, 1.807) is 6.20 Å². The van der Waals surface area contributed by atoms with Crippen LogP contribution < -0.4 is 0 Å². The molecule has 1 aromatic carbocycles. The smallest absolute Gasteiger partial charge is 0.337 e. The maximum Gasteiger partial charge on any atom is 0.337 e. The summed E-state index contributed by atoms with van der Waals surface area (Å²) in [5.74, 6) is -0.863. The Morgan fingerprint density at radius 2 is 2.20 bits per heavy atom. The van der Waals surface area contributed by atoms with Gasteiger partial charge in [-0.3, -0.25) is 0 Å². The molecule has 78 valence electrons. The summed E-state index contributed by atoms with van der Waals surface area (Å²) in [6, 6.07) is 5.75. The van der Waals surface area contributed by atoms with Gasteiger partial charge in [0.15, 0.2) is 0 Å². The molecule has 0 saturated carbocycles. The summed E-state index contributed by atoms with van der Waals surface area (Å²) in [6.45, 7) is 4.80. The van der Waals surface area contributed by atoms with Crippen molar-refractivity contribution in [1.29, 1.82) is 0 Å². The van der Waals surface area contributed by atoms with E-state index in [4.69, 9.17) is 5.11 Å². The molecule has 0 aliphatic carbocycles. The number of carboxylic acid groups (broad SMARTS) is 1. The van der Waals surface area contributed by atoms with Crippen LogP contribution in [0.1, 0.15) is 22.8 Å². The predicted molar refractivity (Wildman–Crippen MR) is 59.3 cm³/mol. The second kappa shape index (κ2) is 3.42.